The second-order valence-corrected chi connectivity index (χ2v) is 5.84. The quantitative estimate of drug-likeness (QED) is 0.887. The Balaban J connectivity index is 1.42. The summed E-state index contributed by atoms with van der Waals surface area (Å²) >= 11 is 0. The Kier molecular flexibility index (Phi) is 4.51. The van der Waals surface area contributed by atoms with Crippen LogP contribution in [-0.2, 0) is 11.3 Å². The summed E-state index contributed by atoms with van der Waals surface area (Å²) in [5.74, 6) is 0. The zero-order chi connectivity index (χ0) is 12.9. The monoisotopic (exact) mass is 263 g/mol. The van der Waals surface area contributed by atoms with Gasteiger partial charge in [0.2, 0.25) is 0 Å². The first-order valence-corrected chi connectivity index (χ1v) is 7.78. The molecule has 3 rings (SSSR count). The maximum atomic E-state index is 5.71. The lowest BCUT2D eigenvalue weighted by molar-refractivity contribution is 0.0167. The van der Waals surface area contributed by atoms with Crippen LogP contribution in [0.1, 0.15) is 56.7 Å². The van der Waals surface area contributed by atoms with Crippen LogP contribution in [0, 0.1) is 0 Å². The highest BCUT2D eigenvalue weighted by Gasteiger charge is 2.17. The molecule has 2 aliphatic rings. The summed E-state index contributed by atoms with van der Waals surface area (Å²) < 4.78 is 7.88. The Morgan fingerprint density at radius 2 is 2.05 bits per heavy atom. The van der Waals surface area contributed by atoms with Gasteiger partial charge in [-0.15, -0.1) is 0 Å². The van der Waals surface area contributed by atoms with Gasteiger partial charge in [-0.2, -0.15) is 5.10 Å². The van der Waals surface area contributed by atoms with E-state index in [1.165, 1.54) is 44.9 Å². The maximum absolute atomic E-state index is 5.71. The van der Waals surface area contributed by atoms with Gasteiger partial charge in [0.1, 0.15) is 0 Å². The number of nitrogens with zero attached hydrogens (tertiary/aromatic N) is 2. The normalized spacial score (nSPS) is 24.9. The molecule has 106 valence electrons. The van der Waals surface area contributed by atoms with Crippen LogP contribution in [0.5, 0.6) is 0 Å². The largest absolute Gasteiger partial charge is 0.377 e. The van der Waals surface area contributed by atoms with Gasteiger partial charge < -0.3 is 10.1 Å². The Bertz CT molecular complexity index is 378. The molecule has 1 unspecified atom stereocenters. The van der Waals surface area contributed by atoms with Gasteiger partial charge in [0.25, 0.3) is 0 Å². The van der Waals surface area contributed by atoms with Gasteiger partial charge >= 0.3 is 0 Å². The number of ether oxygens (including phenoxy) is 1. The topological polar surface area (TPSA) is 39.1 Å². The maximum Gasteiger partial charge on any atom is 0.0762 e. The van der Waals surface area contributed by atoms with E-state index in [2.05, 4.69) is 27.4 Å². The first-order chi connectivity index (χ1) is 9.42. The minimum absolute atomic E-state index is 0.408. The van der Waals surface area contributed by atoms with Crippen LogP contribution in [0.25, 0.3) is 0 Å². The molecular formula is C15H25N3O. The highest BCUT2D eigenvalue weighted by atomic mass is 16.5. The average molecular weight is 263 g/mol. The van der Waals surface area contributed by atoms with Gasteiger partial charge in [0.05, 0.1) is 17.8 Å². The lowest BCUT2D eigenvalue weighted by atomic mass is 10.1. The van der Waals surface area contributed by atoms with Gasteiger partial charge in [0.15, 0.2) is 0 Å². The van der Waals surface area contributed by atoms with Gasteiger partial charge in [-0.25, -0.2) is 0 Å². The molecule has 0 spiro atoms. The van der Waals surface area contributed by atoms with Gasteiger partial charge in [-0.05, 0) is 38.2 Å². The molecule has 2 fully saturated rings. The number of hydrogen-bond acceptors (Lipinski definition) is 3. The Morgan fingerprint density at radius 3 is 2.84 bits per heavy atom. The van der Waals surface area contributed by atoms with Crippen molar-refractivity contribution in [2.45, 2.75) is 63.6 Å². The van der Waals surface area contributed by atoms with Crippen molar-refractivity contribution < 1.29 is 4.74 Å². The highest BCUT2D eigenvalue weighted by Crippen LogP contribution is 2.28. The van der Waals surface area contributed by atoms with Gasteiger partial charge in [-0.1, -0.05) is 12.8 Å². The average Bonchev–Trinajstić information content (AvgIpc) is 3.10. The minimum Gasteiger partial charge on any atom is -0.377 e. The van der Waals surface area contributed by atoms with Crippen molar-refractivity contribution in [2.24, 2.45) is 0 Å². The van der Waals surface area contributed by atoms with Crippen molar-refractivity contribution >= 4 is 0 Å². The first kappa shape index (κ1) is 13.1. The van der Waals surface area contributed by atoms with E-state index in [1.54, 1.807) is 0 Å². The van der Waals surface area contributed by atoms with Crippen LogP contribution in [-0.4, -0.2) is 29.0 Å². The number of hydrogen-bond donors (Lipinski definition) is 1. The molecule has 2 heterocycles. The van der Waals surface area contributed by atoms with Crippen LogP contribution in [0.4, 0.5) is 0 Å². The lowest BCUT2D eigenvalue weighted by Crippen LogP contribution is -2.31. The zero-order valence-electron chi connectivity index (χ0n) is 11.7. The molecular weight excluding hydrogens is 238 g/mol. The predicted octanol–water partition coefficient (Wildman–Crippen LogP) is 2.66. The van der Waals surface area contributed by atoms with E-state index in [4.69, 9.17) is 4.74 Å². The molecule has 1 aromatic rings. The van der Waals surface area contributed by atoms with Crippen LogP contribution < -0.4 is 5.32 Å². The molecule has 1 saturated carbocycles. The first-order valence-electron chi connectivity index (χ1n) is 7.78. The molecule has 0 amide bonds. The van der Waals surface area contributed by atoms with Crippen LogP contribution in [0.15, 0.2) is 12.3 Å². The van der Waals surface area contributed by atoms with E-state index >= 15 is 0 Å². The van der Waals surface area contributed by atoms with Crippen molar-refractivity contribution in [2.75, 3.05) is 13.2 Å². The third kappa shape index (κ3) is 3.57. The molecule has 1 N–H and O–H groups in total. The van der Waals surface area contributed by atoms with Crippen molar-refractivity contribution in [3.05, 3.63) is 18.0 Å². The summed E-state index contributed by atoms with van der Waals surface area (Å²) in [5, 5.41) is 8.16. The number of aromatic nitrogens is 2. The third-order valence-corrected chi connectivity index (χ3v) is 4.31. The Morgan fingerprint density at radius 1 is 1.21 bits per heavy atom. The summed E-state index contributed by atoms with van der Waals surface area (Å²) in [5.41, 5.74) is 1.16. The van der Waals surface area contributed by atoms with E-state index in [0.717, 1.165) is 25.4 Å². The van der Waals surface area contributed by atoms with E-state index < -0.39 is 0 Å². The number of rotatable bonds is 5. The molecule has 4 heteroatoms. The van der Waals surface area contributed by atoms with E-state index in [9.17, 15) is 0 Å². The smallest absolute Gasteiger partial charge is 0.0762 e. The Hall–Kier alpha value is -0.870. The van der Waals surface area contributed by atoms with Crippen LogP contribution >= 0.6 is 0 Å². The molecule has 0 aromatic carbocycles. The standard InChI is InChI=1S/C15H25N3O/c1-2-6-14(5-1)18-9-8-13(17-18)11-16-12-15-7-3-4-10-19-15/h8-9,14-16H,1-7,10-12H2. The molecule has 1 aliphatic heterocycles. The number of nitrogens with one attached hydrogen (secondary N) is 1. The van der Waals surface area contributed by atoms with Crippen molar-refractivity contribution in [3.63, 3.8) is 0 Å². The summed E-state index contributed by atoms with van der Waals surface area (Å²) in [6, 6.07) is 2.79. The lowest BCUT2D eigenvalue weighted by Gasteiger charge is -2.22. The van der Waals surface area contributed by atoms with Gasteiger partial charge in [-0.3, -0.25) is 4.68 Å². The van der Waals surface area contributed by atoms with E-state index in [-0.39, 0.29) is 0 Å². The summed E-state index contributed by atoms with van der Waals surface area (Å²) in [4.78, 5) is 0. The fourth-order valence-corrected chi connectivity index (χ4v) is 3.17. The van der Waals surface area contributed by atoms with Crippen molar-refractivity contribution in [1.29, 1.82) is 0 Å². The molecule has 4 nitrogen and oxygen atoms in total. The predicted molar refractivity (Wildman–Crippen MR) is 75.0 cm³/mol. The Labute approximate surface area is 115 Å². The fraction of sp³-hybridized carbons (Fsp3) is 0.800. The highest BCUT2D eigenvalue weighted by molar-refractivity contribution is 5.00. The molecule has 1 atom stereocenters. The third-order valence-electron chi connectivity index (χ3n) is 4.31. The van der Waals surface area contributed by atoms with Crippen LogP contribution in [0.2, 0.25) is 0 Å². The van der Waals surface area contributed by atoms with Crippen molar-refractivity contribution in [3.8, 4) is 0 Å². The SMILES string of the molecule is c1cn(C2CCCC2)nc1CNCC1CCCCO1. The molecule has 1 aromatic heterocycles. The molecule has 0 radical (unpaired) electrons. The van der Waals surface area contributed by atoms with Gasteiger partial charge in [0, 0.05) is 25.9 Å². The summed E-state index contributed by atoms with van der Waals surface area (Å²) in [7, 11) is 0. The zero-order valence-corrected chi connectivity index (χ0v) is 11.7. The fourth-order valence-electron chi connectivity index (χ4n) is 3.17. The molecule has 0 bridgehead atoms. The summed E-state index contributed by atoms with van der Waals surface area (Å²) in [6.07, 6.45) is 11.6. The molecule has 1 saturated heterocycles. The molecule has 19 heavy (non-hydrogen) atoms. The molecule has 1 aliphatic carbocycles. The van der Waals surface area contributed by atoms with Crippen molar-refractivity contribution in [1.82, 2.24) is 15.1 Å². The second kappa shape index (κ2) is 6.53. The van der Waals surface area contributed by atoms with E-state index in [1.807, 2.05) is 0 Å². The second-order valence-electron chi connectivity index (χ2n) is 5.84. The minimum atomic E-state index is 0.408. The van der Waals surface area contributed by atoms with Crippen LogP contribution in [0.3, 0.4) is 0 Å². The van der Waals surface area contributed by atoms with E-state index in [0.29, 0.717) is 12.1 Å². The summed E-state index contributed by atoms with van der Waals surface area (Å²) in [6.45, 7) is 2.75.